The van der Waals surface area contributed by atoms with E-state index in [0.717, 1.165) is 37.1 Å². The number of hydrogen-bond acceptors (Lipinski definition) is 3. The minimum absolute atomic E-state index is 0.763. The van der Waals surface area contributed by atoms with Crippen molar-refractivity contribution in [3.63, 3.8) is 0 Å². The Hall–Kier alpha value is -1.61. The van der Waals surface area contributed by atoms with Gasteiger partial charge in [-0.15, -0.1) is 0 Å². The minimum Gasteiger partial charge on any atom is -0.384 e. The molecule has 0 aliphatic carbocycles. The van der Waals surface area contributed by atoms with Gasteiger partial charge in [-0.25, -0.2) is 0 Å². The van der Waals surface area contributed by atoms with Crippen LogP contribution < -0.4 is 11.1 Å². The first-order valence-corrected chi connectivity index (χ1v) is 5.69. The van der Waals surface area contributed by atoms with E-state index in [1.165, 1.54) is 5.39 Å². The Morgan fingerprint density at radius 1 is 1.12 bits per heavy atom. The third-order valence-corrected chi connectivity index (χ3v) is 2.60. The smallest absolute Gasteiger partial charge is 0.0722 e. The Balaban J connectivity index is 2.11. The molecule has 0 unspecified atom stereocenters. The molecule has 0 saturated heterocycles. The number of pyridine rings is 1. The third kappa shape index (κ3) is 2.49. The standard InChI is InChI=1S/C13H17N3/c14-8-3-4-9-15-13-7-10-16-12-6-2-1-5-11(12)13/h1-2,5-7,10H,3-4,8-9,14H2,(H,15,16). The van der Waals surface area contributed by atoms with Crippen molar-refractivity contribution in [3.05, 3.63) is 36.5 Å². The van der Waals surface area contributed by atoms with Gasteiger partial charge in [0.25, 0.3) is 0 Å². The molecule has 16 heavy (non-hydrogen) atoms. The van der Waals surface area contributed by atoms with Crippen molar-refractivity contribution >= 4 is 16.6 Å². The van der Waals surface area contributed by atoms with Gasteiger partial charge in [-0.3, -0.25) is 4.98 Å². The summed E-state index contributed by atoms with van der Waals surface area (Å²) in [5.74, 6) is 0. The summed E-state index contributed by atoms with van der Waals surface area (Å²) in [5.41, 5.74) is 7.65. The summed E-state index contributed by atoms with van der Waals surface area (Å²) in [7, 11) is 0. The maximum Gasteiger partial charge on any atom is 0.0722 e. The summed E-state index contributed by atoms with van der Waals surface area (Å²) in [6.07, 6.45) is 4.01. The molecule has 0 radical (unpaired) electrons. The van der Waals surface area contributed by atoms with Gasteiger partial charge in [0.2, 0.25) is 0 Å². The predicted molar refractivity (Wildman–Crippen MR) is 68.5 cm³/mol. The molecule has 0 bridgehead atoms. The lowest BCUT2D eigenvalue weighted by atomic mass is 10.2. The van der Waals surface area contributed by atoms with Gasteiger partial charge < -0.3 is 11.1 Å². The topological polar surface area (TPSA) is 50.9 Å². The van der Waals surface area contributed by atoms with E-state index >= 15 is 0 Å². The Bertz CT molecular complexity index is 448. The summed E-state index contributed by atoms with van der Waals surface area (Å²) >= 11 is 0. The highest BCUT2D eigenvalue weighted by molar-refractivity contribution is 5.90. The van der Waals surface area contributed by atoms with Gasteiger partial charge in [-0.1, -0.05) is 18.2 Å². The summed E-state index contributed by atoms with van der Waals surface area (Å²) < 4.78 is 0. The van der Waals surface area contributed by atoms with Crippen molar-refractivity contribution in [1.82, 2.24) is 4.98 Å². The van der Waals surface area contributed by atoms with Crippen LogP contribution in [0.3, 0.4) is 0 Å². The van der Waals surface area contributed by atoms with E-state index in [4.69, 9.17) is 5.73 Å². The molecule has 2 aromatic rings. The fraction of sp³-hybridized carbons (Fsp3) is 0.308. The molecule has 0 amide bonds. The molecule has 84 valence electrons. The third-order valence-electron chi connectivity index (χ3n) is 2.60. The van der Waals surface area contributed by atoms with E-state index in [1.54, 1.807) is 0 Å². The van der Waals surface area contributed by atoms with Crippen LogP contribution in [0.25, 0.3) is 10.9 Å². The van der Waals surface area contributed by atoms with E-state index in [0.29, 0.717) is 0 Å². The number of rotatable bonds is 5. The second-order valence-electron chi connectivity index (χ2n) is 3.80. The molecular weight excluding hydrogens is 198 g/mol. The number of hydrogen-bond donors (Lipinski definition) is 2. The Morgan fingerprint density at radius 3 is 2.88 bits per heavy atom. The highest BCUT2D eigenvalue weighted by Crippen LogP contribution is 2.20. The SMILES string of the molecule is NCCCCNc1ccnc2ccccc12. The van der Waals surface area contributed by atoms with Gasteiger partial charge in [-0.05, 0) is 31.5 Å². The minimum atomic E-state index is 0.763. The molecule has 0 spiro atoms. The average Bonchev–Trinajstić information content (AvgIpc) is 2.35. The van der Waals surface area contributed by atoms with Gasteiger partial charge in [0.15, 0.2) is 0 Å². The lowest BCUT2D eigenvalue weighted by Crippen LogP contribution is -2.06. The second-order valence-corrected chi connectivity index (χ2v) is 3.80. The van der Waals surface area contributed by atoms with Crippen molar-refractivity contribution in [1.29, 1.82) is 0 Å². The van der Waals surface area contributed by atoms with Crippen molar-refractivity contribution in [3.8, 4) is 0 Å². The van der Waals surface area contributed by atoms with Gasteiger partial charge in [0, 0.05) is 23.8 Å². The van der Waals surface area contributed by atoms with Crippen LogP contribution in [-0.2, 0) is 0 Å². The zero-order valence-corrected chi connectivity index (χ0v) is 9.32. The lowest BCUT2D eigenvalue weighted by Gasteiger charge is -2.08. The normalized spacial score (nSPS) is 10.6. The number of para-hydroxylation sites is 1. The Morgan fingerprint density at radius 2 is 2.00 bits per heavy atom. The van der Waals surface area contributed by atoms with Crippen LogP contribution in [-0.4, -0.2) is 18.1 Å². The molecule has 1 heterocycles. The van der Waals surface area contributed by atoms with Crippen molar-refractivity contribution in [2.45, 2.75) is 12.8 Å². The molecule has 0 saturated carbocycles. The summed E-state index contributed by atoms with van der Waals surface area (Å²) in [6, 6.07) is 10.2. The molecule has 3 nitrogen and oxygen atoms in total. The molecular formula is C13H17N3. The van der Waals surface area contributed by atoms with Crippen LogP contribution in [0.5, 0.6) is 0 Å². The number of nitrogens with zero attached hydrogens (tertiary/aromatic N) is 1. The van der Waals surface area contributed by atoms with Gasteiger partial charge in [-0.2, -0.15) is 0 Å². The molecule has 2 rings (SSSR count). The molecule has 0 aliphatic rings. The van der Waals surface area contributed by atoms with Gasteiger partial charge in [0.05, 0.1) is 5.52 Å². The van der Waals surface area contributed by atoms with Gasteiger partial charge >= 0.3 is 0 Å². The van der Waals surface area contributed by atoms with Crippen molar-refractivity contribution < 1.29 is 0 Å². The van der Waals surface area contributed by atoms with Crippen LogP contribution >= 0.6 is 0 Å². The average molecular weight is 215 g/mol. The maximum atomic E-state index is 5.46. The summed E-state index contributed by atoms with van der Waals surface area (Å²) in [4.78, 5) is 4.33. The number of unbranched alkanes of at least 4 members (excludes halogenated alkanes) is 1. The fourth-order valence-electron chi connectivity index (χ4n) is 1.74. The van der Waals surface area contributed by atoms with E-state index in [2.05, 4.69) is 16.4 Å². The highest BCUT2D eigenvalue weighted by Gasteiger charge is 1.99. The number of nitrogens with one attached hydrogen (secondary N) is 1. The van der Waals surface area contributed by atoms with Crippen molar-refractivity contribution in [2.24, 2.45) is 5.73 Å². The number of nitrogens with two attached hydrogens (primary N) is 1. The van der Waals surface area contributed by atoms with Crippen LogP contribution in [0.15, 0.2) is 36.5 Å². The van der Waals surface area contributed by atoms with Crippen molar-refractivity contribution in [2.75, 3.05) is 18.4 Å². The molecule has 0 atom stereocenters. The zero-order valence-electron chi connectivity index (χ0n) is 9.32. The molecule has 0 aliphatic heterocycles. The number of aromatic nitrogens is 1. The molecule has 1 aromatic carbocycles. The molecule has 1 aromatic heterocycles. The van der Waals surface area contributed by atoms with E-state index in [1.807, 2.05) is 30.5 Å². The first-order valence-electron chi connectivity index (χ1n) is 5.69. The van der Waals surface area contributed by atoms with E-state index in [9.17, 15) is 0 Å². The summed E-state index contributed by atoms with van der Waals surface area (Å²) in [5, 5.41) is 4.61. The largest absolute Gasteiger partial charge is 0.384 e. The highest BCUT2D eigenvalue weighted by atomic mass is 14.9. The Labute approximate surface area is 95.7 Å². The number of benzene rings is 1. The number of fused-ring (bicyclic) bond motifs is 1. The first-order chi connectivity index (χ1) is 7.92. The predicted octanol–water partition coefficient (Wildman–Crippen LogP) is 2.39. The zero-order chi connectivity index (χ0) is 11.2. The fourth-order valence-corrected chi connectivity index (χ4v) is 1.74. The summed E-state index contributed by atoms with van der Waals surface area (Å²) in [6.45, 7) is 1.73. The first kappa shape index (κ1) is 10.9. The molecule has 0 fully saturated rings. The second kappa shape index (κ2) is 5.47. The van der Waals surface area contributed by atoms with Crippen LogP contribution in [0, 0.1) is 0 Å². The van der Waals surface area contributed by atoms with E-state index < -0.39 is 0 Å². The van der Waals surface area contributed by atoms with Crippen LogP contribution in [0.4, 0.5) is 5.69 Å². The molecule has 3 heteroatoms. The Kier molecular flexibility index (Phi) is 3.72. The van der Waals surface area contributed by atoms with E-state index in [-0.39, 0.29) is 0 Å². The van der Waals surface area contributed by atoms with Crippen LogP contribution in [0.1, 0.15) is 12.8 Å². The number of anilines is 1. The maximum absolute atomic E-state index is 5.46. The van der Waals surface area contributed by atoms with Crippen LogP contribution in [0.2, 0.25) is 0 Å². The van der Waals surface area contributed by atoms with Gasteiger partial charge in [0.1, 0.15) is 0 Å². The molecule has 3 N–H and O–H groups in total. The lowest BCUT2D eigenvalue weighted by molar-refractivity contribution is 0.774. The monoisotopic (exact) mass is 215 g/mol. The quantitative estimate of drug-likeness (QED) is 0.753.